The quantitative estimate of drug-likeness (QED) is 0.164. The van der Waals surface area contributed by atoms with E-state index in [0.717, 1.165) is 41.7 Å². The number of furan rings is 1. The summed E-state index contributed by atoms with van der Waals surface area (Å²) in [6.07, 6.45) is 4.26. The number of carbonyl (C=O) groups excluding carboxylic acids is 2. The van der Waals surface area contributed by atoms with Crippen LogP contribution in [0.1, 0.15) is 77.1 Å². The van der Waals surface area contributed by atoms with E-state index in [4.69, 9.17) is 9.15 Å². The normalized spacial score (nSPS) is 13.6. The lowest BCUT2D eigenvalue weighted by atomic mass is 9.90. The molecule has 2 N–H and O–H groups in total. The molecule has 7 heteroatoms. The van der Waals surface area contributed by atoms with Crippen molar-refractivity contribution in [1.82, 2.24) is 5.43 Å². The fourth-order valence-corrected chi connectivity index (χ4v) is 5.13. The minimum Gasteiger partial charge on any atom is -0.494 e. The Labute approximate surface area is 240 Å². The summed E-state index contributed by atoms with van der Waals surface area (Å²) in [4.78, 5) is 26.7. The highest BCUT2D eigenvalue weighted by Crippen LogP contribution is 2.31. The van der Waals surface area contributed by atoms with E-state index in [1.807, 2.05) is 91.9 Å². The number of nitrogens with one attached hydrogen (secondary N) is 2. The Morgan fingerprint density at radius 1 is 0.927 bits per heavy atom. The molecule has 5 rings (SSSR count). The molecule has 0 saturated heterocycles. The number of nitrogens with zero attached hydrogens (tertiary/aromatic N) is 1. The summed E-state index contributed by atoms with van der Waals surface area (Å²) in [6, 6.07) is 26.7. The highest BCUT2D eigenvalue weighted by molar-refractivity contribution is 6.09. The Hall–Kier alpha value is -4.65. The molecule has 0 fully saturated rings. The maximum Gasteiger partial charge on any atom is 0.291 e. The third kappa shape index (κ3) is 6.57. The number of carbonyl (C=O) groups is 2. The average Bonchev–Trinajstić information content (AvgIpc) is 3.35. The SMILES string of the molecule is CCCCOc1ccc(NC(=O)c2oc3c(c2C)/C(=N/NC(=O)C(c2ccccc2)c2ccccc2)CCC3)cc1. The van der Waals surface area contributed by atoms with Crippen molar-refractivity contribution in [3.8, 4) is 5.75 Å². The van der Waals surface area contributed by atoms with Gasteiger partial charge in [-0.05, 0) is 61.6 Å². The van der Waals surface area contributed by atoms with Gasteiger partial charge in [0.25, 0.3) is 11.8 Å². The predicted molar refractivity (Wildman–Crippen MR) is 161 cm³/mol. The Bertz CT molecular complexity index is 1470. The summed E-state index contributed by atoms with van der Waals surface area (Å²) in [5, 5.41) is 7.49. The van der Waals surface area contributed by atoms with Crippen molar-refractivity contribution in [3.05, 3.63) is 119 Å². The van der Waals surface area contributed by atoms with Gasteiger partial charge in [0.05, 0.1) is 18.2 Å². The molecule has 1 aromatic heterocycles. The number of fused-ring (bicyclic) bond motifs is 1. The average molecular weight is 550 g/mol. The number of amides is 2. The molecule has 0 saturated carbocycles. The summed E-state index contributed by atoms with van der Waals surface area (Å²) < 4.78 is 11.8. The Balaban J connectivity index is 1.33. The molecule has 0 bridgehead atoms. The van der Waals surface area contributed by atoms with E-state index in [1.54, 1.807) is 0 Å². The van der Waals surface area contributed by atoms with E-state index in [9.17, 15) is 9.59 Å². The van der Waals surface area contributed by atoms with E-state index in [1.165, 1.54) is 0 Å². The van der Waals surface area contributed by atoms with Gasteiger partial charge in [-0.2, -0.15) is 5.10 Å². The molecule has 41 heavy (non-hydrogen) atoms. The number of hydrogen-bond acceptors (Lipinski definition) is 5. The van der Waals surface area contributed by atoms with Crippen LogP contribution in [-0.2, 0) is 11.2 Å². The Morgan fingerprint density at radius 2 is 1.59 bits per heavy atom. The molecule has 1 aliphatic carbocycles. The second kappa shape index (κ2) is 13.1. The number of aryl methyl sites for hydroxylation is 1. The van der Waals surface area contributed by atoms with Gasteiger partial charge in [0.2, 0.25) is 0 Å². The van der Waals surface area contributed by atoms with Crippen molar-refractivity contribution in [2.75, 3.05) is 11.9 Å². The smallest absolute Gasteiger partial charge is 0.291 e. The monoisotopic (exact) mass is 549 g/mol. The van der Waals surface area contributed by atoms with Crippen LogP contribution < -0.4 is 15.5 Å². The van der Waals surface area contributed by atoms with Crippen LogP contribution in [0.3, 0.4) is 0 Å². The topological polar surface area (TPSA) is 92.9 Å². The first kappa shape index (κ1) is 27.9. The molecule has 4 aromatic rings. The molecular weight excluding hydrogens is 514 g/mol. The summed E-state index contributed by atoms with van der Waals surface area (Å²) in [7, 11) is 0. The highest BCUT2D eigenvalue weighted by Gasteiger charge is 2.29. The van der Waals surface area contributed by atoms with Gasteiger partial charge in [-0.25, -0.2) is 5.43 Å². The zero-order chi connectivity index (χ0) is 28.6. The zero-order valence-corrected chi connectivity index (χ0v) is 23.5. The third-order valence-electron chi connectivity index (χ3n) is 7.24. The second-order valence-corrected chi connectivity index (χ2v) is 10.2. The van der Waals surface area contributed by atoms with Crippen LogP contribution in [0.15, 0.2) is 94.4 Å². The maximum atomic E-state index is 13.5. The first-order valence-electron chi connectivity index (χ1n) is 14.2. The number of ether oxygens (including phenoxy) is 1. The van der Waals surface area contributed by atoms with E-state index < -0.39 is 5.92 Å². The van der Waals surface area contributed by atoms with Crippen LogP contribution in [0, 0.1) is 6.92 Å². The third-order valence-corrected chi connectivity index (χ3v) is 7.24. The number of hydrazone groups is 1. The first-order chi connectivity index (χ1) is 20.0. The van der Waals surface area contributed by atoms with Crippen molar-refractivity contribution in [3.63, 3.8) is 0 Å². The van der Waals surface area contributed by atoms with Crippen molar-refractivity contribution < 1.29 is 18.7 Å². The summed E-state index contributed by atoms with van der Waals surface area (Å²) >= 11 is 0. The summed E-state index contributed by atoms with van der Waals surface area (Å²) in [5.41, 5.74) is 7.48. The Kier molecular flexibility index (Phi) is 8.94. The molecule has 0 spiro atoms. The molecule has 0 atom stereocenters. The number of benzene rings is 3. The summed E-state index contributed by atoms with van der Waals surface area (Å²) in [5.74, 6) is 0.696. The van der Waals surface area contributed by atoms with Gasteiger partial charge in [-0.15, -0.1) is 0 Å². The lowest BCUT2D eigenvalue weighted by Gasteiger charge is -2.18. The Morgan fingerprint density at radius 3 is 2.22 bits per heavy atom. The van der Waals surface area contributed by atoms with Crippen molar-refractivity contribution in [2.45, 2.75) is 51.9 Å². The number of anilines is 1. The highest BCUT2D eigenvalue weighted by atomic mass is 16.5. The van der Waals surface area contributed by atoms with Crippen molar-refractivity contribution in [2.24, 2.45) is 5.10 Å². The van der Waals surface area contributed by atoms with Gasteiger partial charge < -0.3 is 14.5 Å². The predicted octanol–water partition coefficient (Wildman–Crippen LogP) is 7.01. The first-order valence-corrected chi connectivity index (χ1v) is 14.2. The lowest BCUT2D eigenvalue weighted by molar-refractivity contribution is -0.121. The molecule has 2 amide bonds. The van der Waals surface area contributed by atoms with Crippen LogP contribution in [0.2, 0.25) is 0 Å². The molecule has 1 heterocycles. The van der Waals surface area contributed by atoms with Crippen LogP contribution in [0.25, 0.3) is 0 Å². The minimum absolute atomic E-state index is 0.219. The van der Waals surface area contributed by atoms with Gasteiger partial charge in [0.1, 0.15) is 11.5 Å². The van der Waals surface area contributed by atoms with Gasteiger partial charge in [0.15, 0.2) is 5.76 Å². The largest absolute Gasteiger partial charge is 0.494 e. The molecule has 210 valence electrons. The standard InChI is InChI=1S/C34H35N3O4/c1-3-4-22-40-27-20-18-26(19-21-27)35-34(39)32-23(2)30-28(16-11-17-29(30)41-32)36-37-33(38)31(24-12-7-5-8-13-24)25-14-9-6-10-15-25/h5-10,12-15,18-21,31H,3-4,11,16-17,22H2,1-2H3,(H,35,39)(H,37,38)/b36-28+. The van der Waals surface area contributed by atoms with Gasteiger partial charge in [-0.1, -0.05) is 74.0 Å². The van der Waals surface area contributed by atoms with Crippen LogP contribution in [0.4, 0.5) is 5.69 Å². The maximum absolute atomic E-state index is 13.5. The fraction of sp³-hybridized carbons (Fsp3) is 0.265. The van der Waals surface area contributed by atoms with Crippen LogP contribution >= 0.6 is 0 Å². The van der Waals surface area contributed by atoms with E-state index in [0.29, 0.717) is 42.2 Å². The lowest BCUT2D eigenvalue weighted by Crippen LogP contribution is -2.28. The van der Waals surface area contributed by atoms with E-state index >= 15 is 0 Å². The number of unbranched alkanes of at least 4 members (excludes halogenated alkanes) is 1. The van der Waals surface area contributed by atoms with E-state index in [2.05, 4.69) is 22.8 Å². The second-order valence-electron chi connectivity index (χ2n) is 10.2. The molecule has 0 unspecified atom stereocenters. The number of hydrogen-bond donors (Lipinski definition) is 2. The van der Waals surface area contributed by atoms with Gasteiger partial charge in [0, 0.05) is 23.2 Å². The van der Waals surface area contributed by atoms with Gasteiger partial charge >= 0.3 is 0 Å². The molecule has 1 aliphatic rings. The minimum atomic E-state index is -0.500. The molecular formula is C34H35N3O4. The molecule has 0 radical (unpaired) electrons. The van der Waals surface area contributed by atoms with Crippen LogP contribution in [-0.4, -0.2) is 24.1 Å². The zero-order valence-electron chi connectivity index (χ0n) is 23.5. The fourth-order valence-electron chi connectivity index (χ4n) is 5.13. The van der Waals surface area contributed by atoms with E-state index in [-0.39, 0.29) is 17.6 Å². The van der Waals surface area contributed by atoms with Crippen LogP contribution in [0.5, 0.6) is 5.75 Å². The molecule has 3 aromatic carbocycles. The van der Waals surface area contributed by atoms with Crippen molar-refractivity contribution in [1.29, 1.82) is 0 Å². The summed E-state index contributed by atoms with van der Waals surface area (Å²) in [6.45, 7) is 4.65. The number of rotatable bonds is 10. The molecule has 7 nitrogen and oxygen atoms in total. The molecule has 0 aliphatic heterocycles. The van der Waals surface area contributed by atoms with Gasteiger partial charge in [-0.3, -0.25) is 9.59 Å². The van der Waals surface area contributed by atoms with Crippen molar-refractivity contribution >= 4 is 23.2 Å².